The Balaban J connectivity index is 3.06. The fourth-order valence-corrected chi connectivity index (χ4v) is 1.76. The summed E-state index contributed by atoms with van der Waals surface area (Å²) in [5.41, 5.74) is 2.35. The van der Waals surface area contributed by atoms with Gasteiger partial charge in [-0.2, -0.15) is 0 Å². The van der Waals surface area contributed by atoms with Crippen molar-refractivity contribution in [1.29, 1.82) is 0 Å². The summed E-state index contributed by atoms with van der Waals surface area (Å²) in [6.45, 7) is 10.1. The highest BCUT2D eigenvalue weighted by Crippen LogP contribution is 2.27. The van der Waals surface area contributed by atoms with Gasteiger partial charge in [-0.15, -0.1) is 6.58 Å². The molecule has 75 valence electrons. The lowest BCUT2D eigenvalue weighted by atomic mass is 9.96. The van der Waals surface area contributed by atoms with Crippen molar-refractivity contribution in [1.82, 2.24) is 0 Å². The van der Waals surface area contributed by atoms with Gasteiger partial charge in [-0.3, -0.25) is 0 Å². The predicted octanol–water partition coefficient (Wildman–Crippen LogP) is 4.59. The summed E-state index contributed by atoms with van der Waals surface area (Å²) in [5, 5.41) is 0.846. The Labute approximate surface area is 91.6 Å². The molecule has 1 rings (SSSR count). The van der Waals surface area contributed by atoms with E-state index in [2.05, 4.69) is 32.6 Å². The highest BCUT2D eigenvalue weighted by molar-refractivity contribution is 6.31. The molecule has 14 heavy (non-hydrogen) atoms. The van der Waals surface area contributed by atoms with Crippen LogP contribution in [0, 0.1) is 5.92 Å². The van der Waals surface area contributed by atoms with Crippen molar-refractivity contribution in [2.45, 2.75) is 26.7 Å². The second-order valence-electron chi connectivity index (χ2n) is 3.78. The standard InChI is InChI=1S/C13H16Cl/c1-5-10(4)11-6-7-12(9(2)3)13(14)8-11/h5-9H,1H2,2-4H3. The molecule has 0 N–H and O–H groups in total. The molecule has 0 amide bonds. The topological polar surface area (TPSA) is 0 Å². The molecule has 0 aliphatic carbocycles. The quantitative estimate of drug-likeness (QED) is 0.680. The van der Waals surface area contributed by atoms with Gasteiger partial charge < -0.3 is 0 Å². The highest BCUT2D eigenvalue weighted by Gasteiger charge is 2.08. The fraction of sp³-hybridized carbons (Fsp3) is 0.308. The number of allylic oxidation sites excluding steroid dienone is 1. The minimum Gasteiger partial charge on any atom is -0.102 e. The Hall–Kier alpha value is -0.750. The Morgan fingerprint density at radius 2 is 2.07 bits per heavy atom. The van der Waals surface area contributed by atoms with Gasteiger partial charge in [-0.05, 0) is 23.1 Å². The smallest absolute Gasteiger partial charge is 0.0443 e. The van der Waals surface area contributed by atoms with Gasteiger partial charge in [0.2, 0.25) is 0 Å². The van der Waals surface area contributed by atoms with Crippen molar-refractivity contribution >= 4 is 11.6 Å². The molecule has 1 heteroatoms. The predicted molar refractivity (Wildman–Crippen MR) is 63.8 cm³/mol. The molecular formula is C13H16Cl. The van der Waals surface area contributed by atoms with E-state index in [9.17, 15) is 0 Å². The zero-order chi connectivity index (χ0) is 10.7. The molecule has 0 aliphatic heterocycles. The van der Waals surface area contributed by atoms with E-state index < -0.39 is 0 Å². The van der Waals surface area contributed by atoms with Crippen LogP contribution in [0.4, 0.5) is 0 Å². The largest absolute Gasteiger partial charge is 0.102 e. The first kappa shape index (κ1) is 11.3. The summed E-state index contributed by atoms with van der Waals surface area (Å²) >= 11 is 6.18. The molecule has 0 saturated carbocycles. The lowest BCUT2D eigenvalue weighted by Crippen LogP contribution is -1.94. The Morgan fingerprint density at radius 3 is 2.50 bits per heavy atom. The zero-order valence-corrected chi connectivity index (χ0v) is 9.73. The third kappa shape index (κ3) is 2.39. The number of rotatable bonds is 3. The zero-order valence-electron chi connectivity index (χ0n) is 8.97. The lowest BCUT2D eigenvalue weighted by Gasteiger charge is -2.11. The molecule has 0 saturated heterocycles. The van der Waals surface area contributed by atoms with E-state index in [1.54, 1.807) is 0 Å². The van der Waals surface area contributed by atoms with E-state index in [0.717, 1.165) is 16.5 Å². The molecule has 1 aromatic rings. The van der Waals surface area contributed by atoms with Gasteiger partial charge in [-0.1, -0.05) is 50.6 Å². The monoisotopic (exact) mass is 207 g/mol. The maximum absolute atomic E-state index is 6.18. The van der Waals surface area contributed by atoms with Gasteiger partial charge in [0.25, 0.3) is 0 Å². The summed E-state index contributed by atoms with van der Waals surface area (Å²) in [4.78, 5) is 0. The minimum absolute atomic E-state index is 0.473. The van der Waals surface area contributed by atoms with Crippen LogP contribution >= 0.6 is 11.6 Å². The van der Waals surface area contributed by atoms with Gasteiger partial charge in [0, 0.05) is 10.9 Å². The van der Waals surface area contributed by atoms with Crippen molar-refractivity contribution in [3.05, 3.63) is 52.9 Å². The van der Waals surface area contributed by atoms with Crippen LogP contribution < -0.4 is 0 Å². The van der Waals surface area contributed by atoms with Crippen molar-refractivity contribution in [2.75, 3.05) is 0 Å². The maximum Gasteiger partial charge on any atom is 0.0443 e. The molecule has 1 aromatic carbocycles. The summed E-state index contributed by atoms with van der Waals surface area (Å²) in [7, 11) is 0. The molecule has 0 aromatic heterocycles. The number of benzene rings is 1. The summed E-state index contributed by atoms with van der Waals surface area (Å²) in [6.07, 6.45) is 1.85. The Kier molecular flexibility index (Phi) is 3.77. The summed E-state index contributed by atoms with van der Waals surface area (Å²) < 4.78 is 0. The van der Waals surface area contributed by atoms with Crippen molar-refractivity contribution in [3.8, 4) is 0 Å². The summed E-state index contributed by atoms with van der Waals surface area (Å²) in [5.74, 6) is 1.63. The molecule has 1 radical (unpaired) electrons. The third-order valence-electron chi connectivity index (χ3n) is 2.38. The van der Waals surface area contributed by atoms with Gasteiger partial charge in [-0.25, -0.2) is 0 Å². The normalized spacial score (nSPS) is 11.0. The number of hydrogen-bond donors (Lipinski definition) is 0. The van der Waals surface area contributed by atoms with Crippen LogP contribution in [0.15, 0.2) is 30.9 Å². The van der Waals surface area contributed by atoms with Crippen molar-refractivity contribution in [2.24, 2.45) is 0 Å². The molecule has 0 fully saturated rings. The van der Waals surface area contributed by atoms with Crippen molar-refractivity contribution < 1.29 is 0 Å². The van der Waals surface area contributed by atoms with Gasteiger partial charge in [0.05, 0.1) is 0 Å². The molecule has 0 atom stereocenters. The van der Waals surface area contributed by atoms with E-state index in [1.165, 1.54) is 5.56 Å². The van der Waals surface area contributed by atoms with Gasteiger partial charge >= 0.3 is 0 Å². The van der Waals surface area contributed by atoms with Crippen LogP contribution in [-0.2, 0) is 0 Å². The van der Waals surface area contributed by atoms with E-state index in [0.29, 0.717) is 5.92 Å². The second kappa shape index (κ2) is 4.65. The SMILES string of the molecule is C=C[C](C)c1ccc(C(C)C)c(Cl)c1. The van der Waals surface area contributed by atoms with Crippen LogP contribution in [0.5, 0.6) is 0 Å². The van der Waals surface area contributed by atoms with Crippen LogP contribution in [-0.4, -0.2) is 0 Å². The van der Waals surface area contributed by atoms with Crippen LogP contribution in [0.2, 0.25) is 5.02 Å². The number of halogens is 1. The first-order valence-corrected chi connectivity index (χ1v) is 5.20. The van der Waals surface area contributed by atoms with Crippen LogP contribution in [0.1, 0.15) is 37.8 Å². The summed E-state index contributed by atoms with van der Waals surface area (Å²) in [6, 6.07) is 6.20. The fourth-order valence-electron chi connectivity index (χ4n) is 1.36. The van der Waals surface area contributed by atoms with Crippen LogP contribution in [0.25, 0.3) is 0 Å². The molecule has 0 nitrogen and oxygen atoms in total. The van der Waals surface area contributed by atoms with E-state index >= 15 is 0 Å². The average molecular weight is 208 g/mol. The number of hydrogen-bond acceptors (Lipinski definition) is 0. The second-order valence-corrected chi connectivity index (χ2v) is 4.19. The molecular weight excluding hydrogens is 192 g/mol. The maximum atomic E-state index is 6.18. The molecule has 0 aliphatic rings. The lowest BCUT2D eigenvalue weighted by molar-refractivity contribution is 0.866. The first-order valence-electron chi connectivity index (χ1n) is 4.82. The molecule has 0 heterocycles. The third-order valence-corrected chi connectivity index (χ3v) is 2.71. The van der Waals surface area contributed by atoms with E-state index in [4.69, 9.17) is 11.6 Å². The van der Waals surface area contributed by atoms with Crippen LogP contribution in [0.3, 0.4) is 0 Å². The Morgan fingerprint density at radius 1 is 1.43 bits per heavy atom. The minimum atomic E-state index is 0.473. The average Bonchev–Trinajstić information content (AvgIpc) is 2.15. The van der Waals surface area contributed by atoms with E-state index in [-0.39, 0.29) is 0 Å². The molecule has 0 unspecified atom stereocenters. The van der Waals surface area contributed by atoms with Gasteiger partial charge in [0.15, 0.2) is 0 Å². The first-order chi connectivity index (χ1) is 6.56. The van der Waals surface area contributed by atoms with E-state index in [1.807, 2.05) is 19.1 Å². The molecule has 0 spiro atoms. The molecule has 0 bridgehead atoms. The van der Waals surface area contributed by atoms with Crippen molar-refractivity contribution in [3.63, 3.8) is 0 Å². The Bertz CT molecular complexity index is 326. The van der Waals surface area contributed by atoms with Gasteiger partial charge in [0.1, 0.15) is 0 Å². The highest BCUT2D eigenvalue weighted by atomic mass is 35.5.